The van der Waals surface area contributed by atoms with Gasteiger partial charge in [-0.3, -0.25) is 4.79 Å². The Hall–Kier alpha value is -2.14. The minimum absolute atomic E-state index is 0.186. The van der Waals surface area contributed by atoms with Crippen LogP contribution >= 0.6 is 15.9 Å². The highest BCUT2D eigenvalue weighted by atomic mass is 79.9. The summed E-state index contributed by atoms with van der Waals surface area (Å²) in [4.78, 5) is 23.3. The average molecular weight is 348 g/mol. The van der Waals surface area contributed by atoms with Crippen molar-refractivity contribution in [2.75, 3.05) is 7.11 Å². The summed E-state index contributed by atoms with van der Waals surface area (Å²) >= 11 is 3.36. The Morgan fingerprint density at radius 1 is 1.00 bits per heavy atom. The summed E-state index contributed by atoms with van der Waals surface area (Å²) in [5.41, 5.74) is 1.93. The van der Waals surface area contributed by atoms with Crippen LogP contribution in [0.1, 0.15) is 26.3 Å². The van der Waals surface area contributed by atoms with Crippen molar-refractivity contribution in [3.63, 3.8) is 0 Å². The van der Waals surface area contributed by atoms with Crippen LogP contribution in [0.5, 0.6) is 0 Å². The maximum Gasteiger partial charge on any atom is 0.337 e. The van der Waals surface area contributed by atoms with E-state index in [4.69, 9.17) is 0 Å². The maximum absolute atomic E-state index is 12.0. The van der Waals surface area contributed by atoms with Gasteiger partial charge in [0.15, 0.2) is 0 Å². The number of carbonyl (C=O) groups is 2. The van der Waals surface area contributed by atoms with Gasteiger partial charge in [-0.15, -0.1) is 0 Å². The molecule has 0 heterocycles. The minimum Gasteiger partial charge on any atom is -0.465 e. The molecule has 0 aromatic heterocycles. The van der Waals surface area contributed by atoms with E-state index in [1.165, 1.54) is 7.11 Å². The van der Waals surface area contributed by atoms with Crippen molar-refractivity contribution in [3.8, 4) is 0 Å². The van der Waals surface area contributed by atoms with E-state index < -0.39 is 5.97 Å². The third-order valence-electron chi connectivity index (χ3n) is 2.93. The van der Waals surface area contributed by atoms with Crippen molar-refractivity contribution >= 4 is 27.8 Å². The van der Waals surface area contributed by atoms with Gasteiger partial charge in [-0.2, -0.15) is 0 Å². The largest absolute Gasteiger partial charge is 0.465 e. The second-order valence-corrected chi connectivity index (χ2v) is 5.29. The fourth-order valence-electron chi connectivity index (χ4n) is 1.76. The Morgan fingerprint density at radius 2 is 1.57 bits per heavy atom. The number of hydrogen-bond acceptors (Lipinski definition) is 3. The second kappa shape index (κ2) is 7.04. The lowest BCUT2D eigenvalue weighted by molar-refractivity contribution is 0.0600. The van der Waals surface area contributed by atoms with Crippen molar-refractivity contribution in [1.82, 2.24) is 5.32 Å². The van der Waals surface area contributed by atoms with Crippen molar-refractivity contribution in [1.29, 1.82) is 0 Å². The van der Waals surface area contributed by atoms with Gasteiger partial charge in [0.1, 0.15) is 0 Å². The molecule has 0 aliphatic carbocycles. The van der Waals surface area contributed by atoms with Crippen LogP contribution in [-0.2, 0) is 11.3 Å². The van der Waals surface area contributed by atoms with Crippen LogP contribution in [0.15, 0.2) is 53.0 Å². The van der Waals surface area contributed by atoms with E-state index in [0.29, 0.717) is 17.7 Å². The van der Waals surface area contributed by atoms with E-state index in [-0.39, 0.29) is 5.91 Å². The van der Waals surface area contributed by atoms with Gasteiger partial charge in [0.2, 0.25) is 0 Å². The first kappa shape index (κ1) is 15.3. The molecule has 0 saturated heterocycles. The first-order chi connectivity index (χ1) is 10.1. The van der Waals surface area contributed by atoms with Gasteiger partial charge in [0.05, 0.1) is 12.7 Å². The molecule has 4 nitrogen and oxygen atoms in total. The first-order valence-electron chi connectivity index (χ1n) is 6.31. The Morgan fingerprint density at radius 3 is 2.14 bits per heavy atom. The number of methoxy groups -OCH3 is 1. The van der Waals surface area contributed by atoms with E-state index in [1.54, 1.807) is 24.3 Å². The van der Waals surface area contributed by atoms with Crippen molar-refractivity contribution < 1.29 is 14.3 Å². The van der Waals surface area contributed by atoms with Crippen LogP contribution in [-0.4, -0.2) is 19.0 Å². The third kappa shape index (κ3) is 4.16. The van der Waals surface area contributed by atoms with Crippen molar-refractivity contribution in [2.24, 2.45) is 0 Å². The zero-order valence-corrected chi connectivity index (χ0v) is 13.0. The lowest BCUT2D eigenvalue weighted by Gasteiger charge is -2.06. The number of hydrogen-bond donors (Lipinski definition) is 1. The number of halogens is 1. The molecule has 0 aliphatic heterocycles. The van der Waals surface area contributed by atoms with E-state index >= 15 is 0 Å². The predicted molar refractivity (Wildman–Crippen MR) is 83.1 cm³/mol. The summed E-state index contributed by atoms with van der Waals surface area (Å²) in [6.07, 6.45) is 0. The molecule has 0 saturated carbocycles. The Bertz CT molecular complexity index is 636. The summed E-state index contributed by atoms with van der Waals surface area (Å²) in [6, 6.07) is 14.1. The van der Waals surface area contributed by atoms with Crippen LogP contribution in [0.3, 0.4) is 0 Å². The normalized spacial score (nSPS) is 10.0. The van der Waals surface area contributed by atoms with Crippen LogP contribution in [0, 0.1) is 0 Å². The number of esters is 1. The Balaban J connectivity index is 1.97. The zero-order chi connectivity index (χ0) is 15.2. The number of carbonyl (C=O) groups excluding carboxylic acids is 2. The zero-order valence-electron chi connectivity index (χ0n) is 11.4. The van der Waals surface area contributed by atoms with Gasteiger partial charge < -0.3 is 10.1 Å². The molecule has 0 spiro atoms. The molecule has 5 heteroatoms. The highest BCUT2D eigenvalue weighted by Crippen LogP contribution is 2.11. The fourth-order valence-corrected chi connectivity index (χ4v) is 2.03. The number of rotatable bonds is 4. The molecule has 2 aromatic carbocycles. The SMILES string of the molecule is COC(=O)c1ccc(C(=O)NCc2ccc(Br)cc2)cc1. The summed E-state index contributed by atoms with van der Waals surface area (Å²) < 4.78 is 5.60. The van der Waals surface area contributed by atoms with Crippen LogP contribution in [0.2, 0.25) is 0 Å². The lowest BCUT2D eigenvalue weighted by atomic mass is 10.1. The van der Waals surface area contributed by atoms with E-state index in [0.717, 1.165) is 10.0 Å². The first-order valence-corrected chi connectivity index (χ1v) is 7.10. The number of amides is 1. The molecule has 1 amide bonds. The highest BCUT2D eigenvalue weighted by molar-refractivity contribution is 9.10. The van der Waals surface area contributed by atoms with E-state index in [1.807, 2.05) is 24.3 Å². The average Bonchev–Trinajstić information content (AvgIpc) is 2.53. The molecule has 1 N–H and O–H groups in total. The summed E-state index contributed by atoms with van der Waals surface area (Å²) in [5, 5.41) is 2.83. The van der Waals surface area contributed by atoms with Crippen molar-refractivity contribution in [3.05, 3.63) is 69.7 Å². The van der Waals surface area contributed by atoms with E-state index in [9.17, 15) is 9.59 Å². The summed E-state index contributed by atoms with van der Waals surface area (Å²) in [7, 11) is 1.32. The van der Waals surface area contributed by atoms with Crippen molar-refractivity contribution in [2.45, 2.75) is 6.54 Å². The number of benzene rings is 2. The van der Waals surface area contributed by atoms with Crippen LogP contribution < -0.4 is 5.32 Å². The number of nitrogens with one attached hydrogen (secondary N) is 1. The molecule has 0 atom stereocenters. The monoisotopic (exact) mass is 347 g/mol. The van der Waals surface area contributed by atoms with Gasteiger partial charge in [-0.25, -0.2) is 4.79 Å². The number of ether oxygens (including phenoxy) is 1. The minimum atomic E-state index is -0.420. The Labute approximate surface area is 131 Å². The fraction of sp³-hybridized carbons (Fsp3) is 0.125. The smallest absolute Gasteiger partial charge is 0.337 e. The predicted octanol–water partition coefficient (Wildman–Crippen LogP) is 3.17. The summed E-state index contributed by atoms with van der Waals surface area (Å²) in [6.45, 7) is 0.449. The van der Waals surface area contributed by atoms with Gasteiger partial charge in [-0.1, -0.05) is 28.1 Å². The second-order valence-electron chi connectivity index (χ2n) is 4.38. The maximum atomic E-state index is 12.0. The molecule has 0 aliphatic rings. The Kier molecular flexibility index (Phi) is 5.11. The molecule has 108 valence electrons. The highest BCUT2D eigenvalue weighted by Gasteiger charge is 2.08. The van der Waals surface area contributed by atoms with Crippen LogP contribution in [0.25, 0.3) is 0 Å². The molecular weight excluding hydrogens is 334 g/mol. The van der Waals surface area contributed by atoms with E-state index in [2.05, 4.69) is 26.0 Å². The third-order valence-corrected chi connectivity index (χ3v) is 3.46. The lowest BCUT2D eigenvalue weighted by Crippen LogP contribution is -2.22. The van der Waals surface area contributed by atoms with Crippen LogP contribution in [0.4, 0.5) is 0 Å². The molecule has 0 fully saturated rings. The van der Waals surface area contributed by atoms with Gasteiger partial charge >= 0.3 is 5.97 Å². The molecule has 0 bridgehead atoms. The molecule has 0 unspecified atom stereocenters. The quantitative estimate of drug-likeness (QED) is 0.864. The molecule has 2 aromatic rings. The molecule has 2 rings (SSSR count). The standard InChI is InChI=1S/C16H14BrNO3/c1-21-16(20)13-6-4-12(5-7-13)15(19)18-10-11-2-8-14(17)9-3-11/h2-9H,10H2,1H3,(H,18,19). The summed E-state index contributed by atoms with van der Waals surface area (Å²) in [5.74, 6) is -0.605. The van der Waals surface area contributed by atoms with Gasteiger partial charge in [0.25, 0.3) is 5.91 Å². The topological polar surface area (TPSA) is 55.4 Å². The molecule has 0 radical (unpaired) electrons. The van der Waals surface area contributed by atoms with Gasteiger partial charge in [-0.05, 0) is 42.0 Å². The van der Waals surface area contributed by atoms with Gasteiger partial charge in [0, 0.05) is 16.6 Å². The molecular formula is C16H14BrNO3. The molecule has 21 heavy (non-hydrogen) atoms.